The van der Waals surface area contributed by atoms with Crippen molar-refractivity contribution in [1.29, 1.82) is 0 Å². The van der Waals surface area contributed by atoms with E-state index in [9.17, 15) is 4.39 Å². The number of ether oxygens (including phenoxy) is 1. The molecule has 2 saturated heterocycles. The SMILES string of the molecule is Fc1ccc2onc(N3CCN4CC(COc5cccc(CNC6CCCCC6)n5)CCC4C3)c2c1. The molecule has 192 valence electrons. The lowest BCUT2D eigenvalue weighted by molar-refractivity contribution is 0.0716. The van der Waals surface area contributed by atoms with Gasteiger partial charge in [-0.25, -0.2) is 9.37 Å². The lowest BCUT2D eigenvalue weighted by atomic mass is 9.91. The number of hydrogen-bond donors (Lipinski definition) is 1. The van der Waals surface area contributed by atoms with E-state index in [4.69, 9.17) is 14.2 Å². The molecule has 0 bridgehead atoms. The number of anilines is 1. The summed E-state index contributed by atoms with van der Waals surface area (Å²) < 4.78 is 25.4. The van der Waals surface area contributed by atoms with Crippen LogP contribution in [0.15, 0.2) is 40.9 Å². The van der Waals surface area contributed by atoms with Crippen LogP contribution in [0.3, 0.4) is 0 Å². The second kappa shape index (κ2) is 10.7. The predicted molar refractivity (Wildman–Crippen MR) is 138 cm³/mol. The van der Waals surface area contributed by atoms with Gasteiger partial charge in [0.15, 0.2) is 11.4 Å². The smallest absolute Gasteiger partial charge is 0.213 e. The highest BCUT2D eigenvalue weighted by Gasteiger charge is 2.34. The molecule has 1 aromatic carbocycles. The number of nitrogens with zero attached hydrogens (tertiary/aromatic N) is 4. The third-order valence-electron chi connectivity index (χ3n) is 8.14. The predicted octanol–water partition coefficient (Wildman–Crippen LogP) is 4.76. The van der Waals surface area contributed by atoms with Crippen LogP contribution >= 0.6 is 0 Å². The highest BCUT2D eigenvalue weighted by Crippen LogP contribution is 2.32. The molecule has 2 aromatic heterocycles. The minimum Gasteiger partial charge on any atom is -0.477 e. The van der Waals surface area contributed by atoms with Crippen LogP contribution in [0.25, 0.3) is 11.0 Å². The van der Waals surface area contributed by atoms with Crippen LogP contribution in [0, 0.1) is 11.7 Å². The zero-order valence-electron chi connectivity index (χ0n) is 20.9. The Kier molecular flexibility index (Phi) is 7.05. The molecule has 2 aliphatic heterocycles. The first-order valence-electron chi connectivity index (χ1n) is 13.6. The van der Waals surface area contributed by atoms with Gasteiger partial charge in [-0.05, 0) is 49.9 Å². The molecule has 0 spiro atoms. The molecular weight excluding hydrogens is 457 g/mol. The van der Waals surface area contributed by atoms with Crippen LogP contribution in [0.4, 0.5) is 10.2 Å². The summed E-state index contributed by atoms with van der Waals surface area (Å²) in [4.78, 5) is 9.57. The molecule has 1 saturated carbocycles. The zero-order chi connectivity index (χ0) is 24.3. The van der Waals surface area contributed by atoms with Gasteiger partial charge in [-0.2, -0.15) is 0 Å². The maximum Gasteiger partial charge on any atom is 0.213 e. The Balaban J connectivity index is 0.994. The summed E-state index contributed by atoms with van der Waals surface area (Å²) in [6, 6.07) is 11.8. The van der Waals surface area contributed by atoms with E-state index in [2.05, 4.69) is 32.4 Å². The second-order valence-electron chi connectivity index (χ2n) is 10.7. The van der Waals surface area contributed by atoms with Gasteiger partial charge < -0.3 is 19.5 Å². The highest BCUT2D eigenvalue weighted by atomic mass is 19.1. The van der Waals surface area contributed by atoms with Crippen LogP contribution in [-0.2, 0) is 6.54 Å². The van der Waals surface area contributed by atoms with Gasteiger partial charge in [-0.1, -0.05) is 30.5 Å². The summed E-state index contributed by atoms with van der Waals surface area (Å²) >= 11 is 0. The Labute approximate surface area is 212 Å². The molecular formula is C28H36FN5O2. The summed E-state index contributed by atoms with van der Waals surface area (Å²) in [5.74, 6) is 1.74. The van der Waals surface area contributed by atoms with E-state index in [1.807, 2.05) is 6.07 Å². The van der Waals surface area contributed by atoms with Gasteiger partial charge in [0.1, 0.15) is 5.82 Å². The van der Waals surface area contributed by atoms with Gasteiger partial charge in [0.05, 0.1) is 17.7 Å². The van der Waals surface area contributed by atoms with Gasteiger partial charge in [0.2, 0.25) is 5.88 Å². The van der Waals surface area contributed by atoms with Crippen LogP contribution in [0.1, 0.15) is 50.6 Å². The van der Waals surface area contributed by atoms with Gasteiger partial charge in [0, 0.05) is 56.8 Å². The number of pyridine rings is 1. The molecule has 3 aromatic rings. The Morgan fingerprint density at radius 1 is 1.03 bits per heavy atom. The molecule has 36 heavy (non-hydrogen) atoms. The normalized spacial score (nSPS) is 23.6. The molecule has 2 unspecified atom stereocenters. The van der Waals surface area contributed by atoms with Gasteiger partial charge in [-0.15, -0.1) is 0 Å². The lowest BCUT2D eigenvalue weighted by Crippen LogP contribution is -2.57. The Morgan fingerprint density at radius 3 is 2.86 bits per heavy atom. The monoisotopic (exact) mass is 493 g/mol. The number of piperazine rings is 1. The summed E-state index contributed by atoms with van der Waals surface area (Å²) in [6.07, 6.45) is 8.85. The maximum atomic E-state index is 13.8. The molecule has 0 radical (unpaired) electrons. The van der Waals surface area contributed by atoms with Crippen LogP contribution in [0.2, 0.25) is 0 Å². The van der Waals surface area contributed by atoms with E-state index in [1.54, 1.807) is 6.07 Å². The molecule has 6 rings (SSSR count). The largest absolute Gasteiger partial charge is 0.477 e. The number of rotatable bonds is 7. The number of fused-ring (bicyclic) bond motifs is 2. The van der Waals surface area contributed by atoms with E-state index in [1.165, 1.54) is 44.2 Å². The van der Waals surface area contributed by atoms with Crippen LogP contribution < -0.4 is 15.0 Å². The molecule has 4 heterocycles. The zero-order valence-corrected chi connectivity index (χ0v) is 20.9. The van der Waals surface area contributed by atoms with Crippen LogP contribution in [0.5, 0.6) is 5.88 Å². The fraction of sp³-hybridized carbons (Fsp3) is 0.571. The number of hydrogen-bond acceptors (Lipinski definition) is 7. The number of halogens is 1. The van der Waals surface area contributed by atoms with Gasteiger partial charge in [0.25, 0.3) is 0 Å². The summed E-state index contributed by atoms with van der Waals surface area (Å²) in [5, 5.41) is 8.69. The minimum absolute atomic E-state index is 0.258. The van der Waals surface area contributed by atoms with Crippen molar-refractivity contribution in [3.05, 3.63) is 47.9 Å². The molecule has 1 N–H and O–H groups in total. The molecule has 2 atom stereocenters. The summed E-state index contributed by atoms with van der Waals surface area (Å²) in [7, 11) is 0. The fourth-order valence-electron chi connectivity index (χ4n) is 6.11. The lowest BCUT2D eigenvalue weighted by Gasteiger charge is -2.46. The highest BCUT2D eigenvalue weighted by molar-refractivity contribution is 5.88. The average Bonchev–Trinajstić information content (AvgIpc) is 3.34. The quantitative estimate of drug-likeness (QED) is 0.509. The fourth-order valence-corrected chi connectivity index (χ4v) is 6.11. The summed E-state index contributed by atoms with van der Waals surface area (Å²) in [6.45, 7) is 5.27. The Morgan fingerprint density at radius 2 is 1.94 bits per heavy atom. The third kappa shape index (κ3) is 5.34. The van der Waals surface area contributed by atoms with Crippen LogP contribution in [-0.4, -0.2) is 59.9 Å². The van der Waals surface area contributed by atoms with Crippen molar-refractivity contribution >= 4 is 16.8 Å². The average molecular weight is 494 g/mol. The van der Waals surface area contributed by atoms with E-state index in [0.29, 0.717) is 30.2 Å². The molecule has 3 aliphatic rings. The van der Waals surface area contributed by atoms with E-state index < -0.39 is 0 Å². The first-order valence-corrected chi connectivity index (χ1v) is 13.6. The Bertz CT molecular complexity index is 1160. The molecule has 3 fully saturated rings. The number of piperidine rings is 1. The number of benzene rings is 1. The van der Waals surface area contributed by atoms with Crippen molar-refractivity contribution in [2.24, 2.45) is 5.92 Å². The van der Waals surface area contributed by atoms with Crippen molar-refractivity contribution in [1.82, 2.24) is 20.4 Å². The topological polar surface area (TPSA) is 66.7 Å². The second-order valence-corrected chi connectivity index (χ2v) is 10.7. The first kappa shape index (κ1) is 23.7. The van der Waals surface area contributed by atoms with E-state index >= 15 is 0 Å². The van der Waals surface area contributed by atoms with Gasteiger partial charge in [-0.3, -0.25) is 4.90 Å². The van der Waals surface area contributed by atoms with Crippen molar-refractivity contribution in [3.8, 4) is 5.88 Å². The standard InChI is InChI=1S/C28H36FN5O2/c29-21-10-12-26-25(15-21)28(32-36-26)34-14-13-33-17-20(9-11-24(33)18-34)19-35-27-8-4-7-23(31-27)16-30-22-5-2-1-3-6-22/h4,7-8,10,12,15,20,22,24,30H,1-3,5-6,9,11,13-14,16-19H2. The van der Waals surface area contributed by atoms with Crippen molar-refractivity contribution in [2.45, 2.75) is 63.6 Å². The Hall–Kier alpha value is -2.71. The number of aromatic nitrogens is 2. The first-order chi connectivity index (χ1) is 17.7. The third-order valence-corrected chi connectivity index (χ3v) is 8.14. The molecule has 0 amide bonds. The number of nitrogens with one attached hydrogen (secondary N) is 1. The van der Waals surface area contributed by atoms with Crippen molar-refractivity contribution < 1.29 is 13.7 Å². The molecule has 8 heteroatoms. The maximum absolute atomic E-state index is 13.8. The van der Waals surface area contributed by atoms with Gasteiger partial charge >= 0.3 is 0 Å². The van der Waals surface area contributed by atoms with E-state index in [-0.39, 0.29) is 5.82 Å². The molecule has 1 aliphatic carbocycles. The summed E-state index contributed by atoms with van der Waals surface area (Å²) in [5.41, 5.74) is 1.69. The van der Waals surface area contributed by atoms with Crippen molar-refractivity contribution in [3.63, 3.8) is 0 Å². The van der Waals surface area contributed by atoms with E-state index in [0.717, 1.165) is 68.3 Å². The van der Waals surface area contributed by atoms with Crippen molar-refractivity contribution in [2.75, 3.05) is 37.7 Å². The minimum atomic E-state index is -0.258. The molecule has 7 nitrogen and oxygen atoms in total.